The van der Waals surface area contributed by atoms with Crippen LogP contribution in [0.1, 0.15) is 40.4 Å². The van der Waals surface area contributed by atoms with Gasteiger partial charge in [-0.05, 0) is 61.2 Å². The van der Waals surface area contributed by atoms with Gasteiger partial charge >= 0.3 is 0 Å². The van der Waals surface area contributed by atoms with E-state index in [2.05, 4.69) is 65.9 Å². The highest BCUT2D eigenvalue weighted by atomic mass is 35.5. The summed E-state index contributed by atoms with van der Waals surface area (Å²) >= 11 is 12.6. The van der Waals surface area contributed by atoms with Crippen LogP contribution in [0, 0.1) is 13.8 Å². The molecule has 0 fully saturated rings. The SMILES string of the molecule is Cc1ccc(CN2CCCn3cccc3C2c2ccc(Cl)c(Cl)c2)c(C)c1. The number of rotatable bonds is 3. The standard InChI is InChI=1S/C23H24Cl2N2/c1-16-6-7-19(17(2)13-16)15-27-12-4-11-26-10-3-5-22(26)23(27)18-8-9-20(24)21(25)14-18/h3,5-10,13-14,23H,4,11-12,15H2,1-2H3. The molecule has 140 valence electrons. The number of fused-ring (bicyclic) bond motifs is 1. The summed E-state index contributed by atoms with van der Waals surface area (Å²) in [6.07, 6.45) is 3.31. The molecule has 0 spiro atoms. The quantitative estimate of drug-likeness (QED) is 0.494. The van der Waals surface area contributed by atoms with E-state index in [1.807, 2.05) is 12.1 Å². The number of benzene rings is 2. The molecular weight excluding hydrogens is 375 g/mol. The number of hydrogen-bond donors (Lipinski definition) is 0. The van der Waals surface area contributed by atoms with Crippen molar-refractivity contribution in [1.29, 1.82) is 0 Å². The van der Waals surface area contributed by atoms with E-state index in [1.165, 1.54) is 27.9 Å². The first-order valence-corrected chi connectivity index (χ1v) is 10.2. The first-order chi connectivity index (χ1) is 13.0. The second-order valence-corrected chi connectivity index (χ2v) is 8.27. The van der Waals surface area contributed by atoms with E-state index in [-0.39, 0.29) is 6.04 Å². The molecule has 27 heavy (non-hydrogen) atoms. The zero-order chi connectivity index (χ0) is 19.0. The average Bonchev–Trinajstić information content (AvgIpc) is 3.01. The van der Waals surface area contributed by atoms with E-state index < -0.39 is 0 Å². The number of halogens is 2. The Morgan fingerprint density at radius 3 is 2.59 bits per heavy atom. The van der Waals surface area contributed by atoms with Crippen molar-refractivity contribution in [1.82, 2.24) is 9.47 Å². The van der Waals surface area contributed by atoms with E-state index in [0.717, 1.165) is 26.1 Å². The average molecular weight is 399 g/mol. The molecule has 0 saturated heterocycles. The summed E-state index contributed by atoms with van der Waals surface area (Å²) in [4.78, 5) is 2.57. The molecule has 1 aromatic heterocycles. The van der Waals surface area contributed by atoms with Crippen LogP contribution >= 0.6 is 23.2 Å². The number of aromatic nitrogens is 1. The molecule has 4 rings (SSSR count). The van der Waals surface area contributed by atoms with Crippen LogP contribution in [-0.2, 0) is 13.1 Å². The summed E-state index contributed by atoms with van der Waals surface area (Å²) in [6, 6.07) is 17.3. The van der Waals surface area contributed by atoms with E-state index >= 15 is 0 Å². The van der Waals surface area contributed by atoms with E-state index in [0.29, 0.717) is 10.0 Å². The molecule has 3 aromatic rings. The molecule has 0 bridgehead atoms. The van der Waals surface area contributed by atoms with Gasteiger partial charge in [-0.15, -0.1) is 0 Å². The molecule has 0 amide bonds. The fourth-order valence-corrected chi connectivity index (χ4v) is 4.42. The van der Waals surface area contributed by atoms with Crippen molar-refractivity contribution in [3.05, 3.63) is 92.7 Å². The van der Waals surface area contributed by atoms with Crippen molar-refractivity contribution in [3.63, 3.8) is 0 Å². The Hall–Kier alpha value is -1.74. The molecule has 2 heterocycles. The molecule has 4 heteroatoms. The third-order valence-electron chi connectivity index (χ3n) is 5.49. The lowest BCUT2D eigenvalue weighted by molar-refractivity contribution is 0.220. The second-order valence-electron chi connectivity index (χ2n) is 7.46. The first-order valence-electron chi connectivity index (χ1n) is 9.43. The van der Waals surface area contributed by atoms with E-state index in [4.69, 9.17) is 23.2 Å². The number of nitrogens with zero attached hydrogens (tertiary/aromatic N) is 2. The Morgan fingerprint density at radius 1 is 0.963 bits per heavy atom. The smallest absolute Gasteiger partial charge is 0.0759 e. The monoisotopic (exact) mass is 398 g/mol. The minimum absolute atomic E-state index is 0.165. The lowest BCUT2D eigenvalue weighted by Crippen LogP contribution is -2.29. The third-order valence-corrected chi connectivity index (χ3v) is 6.22. The molecular formula is C23H24Cl2N2. The van der Waals surface area contributed by atoms with Crippen molar-refractivity contribution in [2.45, 2.75) is 39.4 Å². The zero-order valence-corrected chi connectivity index (χ0v) is 17.3. The van der Waals surface area contributed by atoms with Crippen LogP contribution in [0.25, 0.3) is 0 Å². The van der Waals surface area contributed by atoms with Crippen LogP contribution in [0.4, 0.5) is 0 Å². The molecule has 0 N–H and O–H groups in total. The summed E-state index contributed by atoms with van der Waals surface area (Å²) < 4.78 is 2.37. The van der Waals surface area contributed by atoms with Gasteiger partial charge in [-0.2, -0.15) is 0 Å². The van der Waals surface area contributed by atoms with Crippen molar-refractivity contribution in [3.8, 4) is 0 Å². The predicted octanol–water partition coefficient (Wildman–Crippen LogP) is 6.41. The molecule has 2 nitrogen and oxygen atoms in total. The molecule has 0 radical (unpaired) electrons. The maximum absolute atomic E-state index is 6.37. The Labute approximate surface area is 171 Å². The summed E-state index contributed by atoms with van der Waals surface area (Å²) in [7, 11) is 0. The van der Waals surface area contributed by atoms with Crippen molar-refractivity contribution in [2.75, 3.05) is 6.54 Å². The lowest BCUT2D eigenvalue weighted by Gasteiger charge is -2.31. The minimum atomic E-state index is 0.165. The van der Waals surface area contributed by atoms with Crippen molar-refractivity contribution in [2.24, 2.45) is 0 Å². The summed E-state index contributed by atoms with van der Waals surface area (Å²) in [5.41, 5.74) is 6.54. The van der Waals surface area contributed by atoms with Gasteiger partial charge in [0.15, 0.2) is 0 Å². The summed E-state index contributed by atoms with van der Waals surface area (Å²) in [5.74, 6) is 0. The van der Waals surface area contributed by atoms with Gasteiger partial charge in [-0.3, -0.25) is 4.90 Å². The Balaban J connectivity index is 1.77. The van der Waals surface area contributed by atoms with Gasteiger partial charge in [0, 0.05) is 31.5 Å². The summed E-state index contributed by atoms with van der Waals surface area (Å²) in [6.45, 7) is 7.36. The topological polar surface area (TPSA) is 8.17 Å². The van der Waals surface area contributed by atoms with E-state index in [1.54, 1.807) is 0 Å². The molecule has 1 aliphatic rings. The molecule has 0 aliphatic carbocycles. The highest BCUT2D eigenvalue weighted by Crippen LogP contribution is 2.36. The number of aryl methyl sites for hydroxylation is 3. The first kappa shape index (κ1) is 18.6. The molecule has 1 atom stereocenters. The van der Waals surface area contributed by atoms with Gasteiger partial charge in [0.1, 0.15) is 0 Å². The molecule has 1 aliphatic heterocycles. The van der Waals surface area contributed by atoms with Crippen LogP contribution in [0.3, 0.4) is 0 Å². The van der Waals surface area contributed by atoms with Crippen LogP contribution in [0.5, 0.6) is 0 Å². The van der Waals surface area contributed by atoms with E-state index in [9.17, 15) is 0 Å². The van der Waals surface area contributed by atoms with Gasteiger partial charge in [-0.25, -0.2) is 0 Å². The van der Waals surface area contributed by atoms with Crippen LogP contribution in [-0.4, -0.2) is 16.0 Å². The zero-order valence-electron chi connectivity index (χ0n) is 15.8. The maximum Gasteiger partial charge on any atom is 0.0759 e. The van der Waals surface area contributed by atoms with Crippen molar-refractivity contribution >= 4 is 23.2 Å². The Morgan fingerprint density at radius 2 is 1.81 bits per heavy atom. The van der Waals surface area contributed by atoms with Crippen LogP contribution in [0.2, 0.25) is 10.0 Å². The normalized spacial score (nSPS) is 17.6. The molecule has 0 saturated carbocycles. The third kappa shape index (κ3) is 3.80. The van der Waals surface area contributed by atoms with Gasteiger partial charge in [0.05, 0.1) is 16.1 Å². The molecule has 2 aromatic carbocycles. The molecule has 1 unspecified atom stereocenters. The maximum atomic E-state index is 6.37. The number of hydrogen-bond acceptors (Lipinski definition) is 1. The highest BCUT2D eigenvalue weighted by molar-refractivity contribution is 6.42. The van der Waals surface area contributed by atoms with Crippen LogP contribution in [0.15, 0.2) is 54.7 Å². The van der Waals surface area contributed by atoms with Gasteiger partial charge in [0.25, 0.3) is 0 Å². The fourth-order valence-electron chi connectivity index (χ4n) is 4.12. The fraction of sp³-hybridized carbons (Fsp3) is 0.304. The lowest BCUT2D eigenvalue weighted by atomic mass is 9.99. The highest BCUT2D eigenvalue weighted by Gasteiger charge is 2.28. The van der Waals surface area contributed by atoms with Gasteiger partial charge in [-0.1, -0.05) is 53.0 Å². The van der Waals surface area contributed by atoms with Gasteiger partial charge in [0.2, 0.25) is 0 Å². The largest absolute Gasteiger partial charge is 0.350 e. The van der Waals surface area contributed by atoms with Crippen molar-refractivity contribution < 1.29 is 0 Å². The predicted molar refractivity (Wildman–Crippen MR) is 114 cm³/mol. The Bertz CT molecular complexity index is 961. The summed E-state index contributed by atoms with van der Waals surface area (Å²) in [5, 5.41) is 1.22. The Kier molecular flexibility index (Phi) is 5.32. The van der Waals surface area contributed by atoms with Crippen LogP contribution < -0.4 is 0 Å². The second kappa shape index (κ2) is 7.71. The minimum Gasteiger partial charge on any atom is -0.350 e. The van der Waals surface area contributed by atoms with Gasteiger partial charge < -0.3 is 4.57 Å².